The average Bonchev–Trinajstić information content (AvgIpc) is 2.91. The Hall–Kier alpha value is -3.48. The Morgan fingerprint density at radius 1 is 1.20 bits per heavy atom. The molecular formula is C22H20F5N3O5. The molecule has 2 N–H and O–H groups in total. The van der Waals surface area contributed by atoms with Crippen LogP contribution in [0.5, 0.6) is 5.75 Å². The Kier molecular flexibility index (Phi) is 6.54. The van der Waals surface area contributed by atoms with Crippen LogP contribution in [0.2, 0.25) is 0 Å². The fourth-order valence-corrected chi connectivity index (χ4v) is 4.49. The number of halogens is 5. The van der Waals surface area contributed by atoms with Crippen LogP contribution in [0.15, 0.2) is 23.1 Å². The molecule has 0 saturated carbocycles. The number of nitrogens with one attached hydrogen (secondary N) is 1. The molecule has 3 heterocycles. The lowest BCUT2D eigenvalue weighted by molar-refractivity contribution is -0.175. The minimum atomic E-state index is -3.13. The summed E-state index contributed by atoms with van der Waals surface area (Å²) < 4.78 is 72.8. The lowest BCUT2D eigenvalue weighted by Crippen LogP contribution is -2.49. The van der Waals surface area contributed by atoms with Gasteiger partial charge in [-0.05, 0) is 19.8 Å². The van der Waals surface area contributed by atoms with Gasteiger partial charge in [-0.2, -0.15) is 8.78 Å². The van der Waals surface area contributed by atoms with Crippen molar-refractivity contribution in [2.24, 2.45) is 0 Å². The third kappa shape index (κ3) is 4.47. The van der Waals surface area contributed by atoms with Crippen LogP contribution >= 0.6 is 0 Å². The van der Waals surface area contributed by atoms with E-state index in [9.17, 15) is 41.4 Å². The van der Waals surface area contributed by atoms with E-state index in [0.29, 0.717) is 18.6 Å². The number of hydrogen-bond acceptors (Lipinski definition) is 5. The van der Waals surface area contributed by atoms with Crippen LogP contribution in [0.4, 0.5) is 22.0 Å². The molecule has 188 valence electrons. The van der Waals surface area contributed by atoms with Gasteiger partial charge in [0, 0.05) is 43.0 Å². The van der Waals surface area contributed by atoms with Gasteiger partial charge in [0.15, 0.2) is 11.4 Å². The number of hydrogen-bond donors (Lipinski definition) is 2. The fraction of sp³-hybridized carbons (Fsp3) is 0.409. The number of fused-ring (bicyclic) bond motifs is 4. The molecule has 2 aliphatic heterocycles. The van der Waals surface area contributed by atoms with Gasteiger partial charge in [0.05, 0.1) is 12.1 Å². The number of carbonyl (C=O) groups excluding carboxylic acids is 2. The third-order valence-corrected chi connectivity index (χ3v) is 6.30. The van der Waals surface area contributed by atoms with Crippen molar-refractivity contribution in [1.82, 2.24) is 14.8 Å². The number of alkyl halides is 2. The van der Waals surface area contributed by atoms with Gasteiger partial charge in [0.1, 0.15) is 23.0 Å². The summed E-state index contributed by atoms with van der Waals surface area (Å²) in [4.78, 5) is 39.7. The first kappa shape index (κ1) is 24.6. The molecular weight excluding hydrogens is 481 g/mol. The van der Waals surface area contributed by atoms with E-state index in [1.54, 1.807) is 6.92 Å². The molecule has 0 radical (unpaired) electrons. The smallest absolute Gasteiger partial charge is 0.345 e. The summed E-state index contributed by atoms with van der Waals surface area (Å²) >= 11 is 0. The molecule has 1 fully saturated rings. The highest BCUT2D eigenvalue weighted by Crippen LogP contribution is 2.36. The maximum Gasteiger partial charge on any atom is 0.345 e. The van der Waals surface area contributed by atoms with Crippen LogP contribution in [0.1, 0.15) is 52.2 Å². The van der Waals surface area contributed by atoms with Gasteiger partial charge >= 0.3 is 6.61 Å². The average molecular weight is 501 g/mol. The van der Waals surface area contributed by atoms with Gasteiger partial charge in [0.2, 0.25) is 5.43 Å². The Morgan fingerprint density at radius 3 is 2.49 bits per heavy atom. The molecule has 1 unspecified atom stereocenters. The molecule has 0 aliphatic carbocycles. The van der Waals surface area contributed by atoms with Crippen LogP contribution in [-0.4, -0.2) is 51.7 Å². The van der Waals surface area contributed by atoms with E-state index in [-0.39, 0.29) is 19.0 Å². The zero-order chi connectivity index (χ0) is 25.6. The second kappa shape index (κ2) is 9.29. The molecule has 2 aromatic rings. The highest BCUT2D eigenvalue weighted by molar-refractivity contribution is 5.99. The predicted octanol–water partition coefficient (Wildman–Crippen LogP) is 2.69. The standard InChI is InChI=1S/C22H20F5N3O5/c1-9-2-3-16(35-22(26)27)15-8-29(9)21(34)17-19(32)18(31)12(7-30(15)17)20(33)28-6-11-13(24)4-10(23)5-14(11)25/h4-5,7,9,15-16,22,32H,2-3,6,8H2,1H3,(H,28,33)/t9-,15?,16-/m0/s1. The Labute approximate surface area is 194 Å². The molecule has 2 aliphatic rings. The topological polar surface area (TPSA) is 101 Å². The van der Waals surface area contributed by atoms with E-state index >= 15 is 0 Å². The molecule has 2 bridgehead atoms. The lowest BCUT2D eigenvalue weighted by atomic mass is 10.0. The van der Waals surface area contributed by atoms with E-state index in [4.69, 9.17) is 4.74 Å². The second-order valence-corrected chi connectivity index (χ2v) is 8.39. The number of aromatic hydroxyl groups is 1. The molecule has 1 aromatic heterocycles. The molecule has 0 spiro atoms. The summed E-state index contributed by atoms with van der Waals surface area (Å²) in [6, 6.07) is -0.509. The number of amides is 2. The number of benzene rings is 1. The van der Waals surface area contributed by atoms with E-state index in [2.05, 4.69) is 5.32 Å². The highest BCUT2D eigenvalue weighted by atomic mass is 19.3. The quantitative estimate of drug-likeness (QED) is 0.614. The van der Waals surface area contributed by atoms with Crippen molar-refractivity contribution in [3.8, 4) is 5.75 Å². The minimum absolute atomic E-state index is 0.0697. The molecule has 8 nitrogen and oxygen atoms in total. The molecule has 1 saturated heterocycles. The molecule has 35 heavy (non-hydrogen) atoms. The van der Waals surface area contributed by atoms with Gasteiger partial charge in [-0.25, -0.2) is 13.2 Å². The zero-order valence-electron chi connectivity index (χ0n) is 18.2. The van der Waals surface area contributed by atoms with Crippen molar-refractivity contribution in [3.63, 3.8) is 0 Å². The second-order valence-electron chi connectivity index (χ2n) is 8.39. The summed E-state index contributed by atoms with van der Waals surface area (Å²) in [5.41, 5.74) is -3.07. The number of nitrogens with zero attached hydrogens (tertiary/aromatic N) is 2. The van der Waals surface area contributed by atoms with Crippen molar-refractivity contribution < 1.29 is 41.4 Å². The van der Waals surface area contributed by atoms with Crippen LogP contribution in [0.25, 0.3) is 0 Å². The number of rotatable bonds is 5. The number of aromatic nitrogens is 1. The van der Waals surface area contributed by atoms with Crippen LogP contribution in [0, 0.1) is 17.5 Å². The van der Waals surface area contributed by atoms with Gasteiger partial charge in [-0.3, -0.25) is 14.4 Å². The number of ether oxygens (including phenoxy) is 1. The van der Waals surface area contributed by atoms with E-state index in [1.165, 1.54) is 4.90 Å². The molecule has 3 atom stereocenters. The Balaban J connectivity index is 1.72. The predicted molar refractivity (Wildman–Crippen MR) is 109 cm³/mol. The summed E-state index contributed by atoms with van der Waals surface area (Å²) in [6.07, 6.45) is 0.287. The van der Waals surface area contributed by atoms with Gasteiger partial charge in [-0.1, -0.05) is 0 Å². The first-order valence-electron chi connectivity index (χ1n) is 10.6. The summed E-state index contributed by atoms with van der Waals surface area (Å²) in [5.74, 6) is -6.64. The van der Waals surface area contributed by atoms with Crippen molar-refractivity contribution in [2.75, 3.05) is 6.54 Å². The Morgan fingerprint density at radius 2 is 1.86 bits per heavy atom. The van der Waals surface area contributed by atoms with Crippen molar-refractivity contribution in [2.45, 2.75) is 51.1 Å². The monoisotopic (exact) mass is 501 g/mol. The maximum atomic E-state index is 13.9. The first-order valence-corrected chi connectivity index (χ1v) is 10.6. The fourth-order valence-electron chi connectivity index (χ4n) is 4.49. The van der Waals surface area contributed by atoms with E-state index in [0.717, 1.165) is 10.8 Å². The molecule has 13 heteroatoms. The number of carbonyl (C=O) groups is 2. The molecule has 2 amide bonds. The summed E-state index contributed by atoms with van der Waals surface area (Å²) in [7, 11) is 0. The zero-order valence-corrected chi connectivity index (χ0v) is 18.2. The Bertz CT molecular complexity index is 1230. The van der Waals surface area contributed by atoms with Gasteiger partial charge in [-0.15, -0.1) is 0 Å². The van der Waals surface area contributed by atoms with Crippen LogP contribution < -0.4 is 10.7 Å². The first-order chi connectivity index (χ1) is 16.5. The van der Waals surface area contributed by atoms with Crippen molar-refractivity contribution in [1.29, 1.82) is 0 Å². The highest BCUT2D eigenvalue weighted by Gasteiger charge is 2.43. The normalized spacial score (nSPS) is 21.6. The minimum Gasteiger partial charge on any atom is -0.503 e. The molecule has 4 rings (SSSR count). The number of pyridine rings is 1. The maximum absolute atomic E-state index is 13.9. The van der Waals surface area contributed by atoms with E-state index in [1.807, 2.05) is 0 Å². The van der Waals surface area contributed by atoms with Gasteiger partial charge < -0.3 is 24.6 Å². The lowest BCUT2D eigenvalue weighted by Gasteiger charge is -2.38. The van der Waals surface area contributed by atoms with Gasteiger partial charge in [0.25, 0.3) is 11.8 Å². The van der Waals surface area contributed by atoms with Crippen LogP contribution in [0.3, 0.4) is 0 Å². The largest absolute Gasteiger partial charge is 0.503 e. The SMILES string of the molecule is C[C@H]1CC[C@H](OC(F)F)C2CN1C(=O)c1c(O)c(=O)c(C(=O)NCc3c(F)cc(F)cc3F)cn12. The third-order valence-electron chi connectivity index (χ3n) is 6.30. The molecule has 1 aromatic carbocycles. The summed E-state index contributed by atoms with van der Waals surface area (Å²) in [6.45, 7) is -2.26. The van der Waals surface area contributed by atoms with E-state index < -0.39 is 82.6 Å². The summed E-state index contributed by atoms with van der Waals surface area (Å²) in [5, 5.41) is 12.6. The van der Waals surface area contributed by atoms with Crippen molar-refractivity contribution in [3.05, 3.63) is 62.8 Å². The van der Waals surface area contributed by atoms with Crippen LogP contribution in [-0.2, 0) is 11.3 Å². The van der Waals surface area contributed by atoms with Crippen molar-refractivity contribution >= 4 is 11.8 Å².